The number of hydrogen-bond donors (Lipinski definition) is 6. The topological polar surface area (TPSA) is 176 Å². The minimum Gasteiger partial charge on any atom is -0.396 e. The van der Waals surface area contributed by atoms with Gasteiger partial charge in [-0.05, 0) is 26.2 Å². The van der Waals surface area contributed by atoms with Crippen molar-refractivity contribution in [2.45, 2.75) is 83.7 Å². The van der Waals surface area contributed by atoms with Crippen LogP contribution in [0.25, 0.3) is 11.0 Å². The van der Waals surface area contributed by atoms with E-state index < -0.39 is 7.60 Å². The number of nitrogens with one attached hydrogen (secondary N) is 3. The van der Waals surface area contributed by atoms with E-state index in [9.17, 15) is 14.5 Å². The Morgan fingerprint density at radius 1 is 1.08 bits per heavy atom. The summed E-state index contributed by atoms with van der Waals surface area (Å²) in [5.41, 5.74) is 6.88. The van der Waals surface area contributed by atoms with Crippen molar-refractivity contribution in [1.82, 2.24) is 20.3 Å². The second-order valence-electron chi connectivity index (χ2n) is 9.03. The number of hydrogen-bond acceptors (Lipinski definition) is 9. The van der Waals surface area contributed by atoms with Crippen LogP contribution in [0.1, 0.15) is 76.7 Å². The fourth-order valence-corrected chi connectivity index (χ4v) is 5.82. The van der Waals surface area contributed by atoms with Gasteiger partial charge in [-0.2, -0.15) is 0 Å². The normalized spacial score (nSPS) is 14.3. The third-order valence-electron chi connectivity index (χ3n) is 6.10. The molecule has 206 valence electrons. The molecule has 0 radical (unpaired) electrons. The summed E-state index contributed by atoms with van der Waals surface area (Å²) in [4.78, 5) is 21.5. The lowest BCUT2D eigenvalue weighted by molar-refractivity contribution is 0.201. The van der Waals surface area contributed by atoms with Crippen molar-refractivity contribution in [3.63, 3.8) is 0 Å². The summed E-state index contributed by atoms with van der Waals surface area (Å²) in [6, 6.07) is -0.330. The first kappa shape index (κ1) is 30.5. The molecule has 0 saturated heterocycles. The molecule has 12 heteroatoms. The number of aromatic nitrogens is 3. The highest BCUT2D eigenvalue weighted by molar-refractivity contribution is 7.53. The molecule has 0 aliphatic rings. The molecule has 2 rings (SSSR count). The van der Waals surface area contributed by atoms with Crippen molar-refractivity contribution in [3.8, 4) is 0 Å². The van der Waals surface area contributed by atoms with Crippen molar-refractivity contribution in [3.05, 3.63) is 22.1 Å². The van der Waals surface area contributed by atoms with Gasteiger partial charge in [0.25, 0.3) is 5.56 Å². The molecule has 0 spiro atoms. The summed E-state index contributed by atoms with van der Waals surface area (Å²) in [6.07, 6.45) is 12.0. The standard InChI is InChI=1S/C24H44N5O6P/c1-2-34-36(33,35-14-11-9-7-5-3-4-6-8-10-13-30)15-12-20(18-31)26-16-19-17-27-22-21(19)28-24(25)29-23(22)32/h17,20,26-27,30-31H,2-16,18H2,1H3,(H3,25,28,29,32)/t20-,36?/m0/s1. The number of unbranched alkanes of at least 4 members (excludes halogenated alkanes) is 8. The quantitative estimate of drug-likeness (QED) is 0.104. The van der Waals surface area contributed by atoms with Crippen molar-refractivity contribution >= 4 is 24.6 Å². The number of aliphatic hydroxyl groups is 2. The highest BCUT2D eigenvalue weighted by Crippen LogP contribution is 2.49. The zero-order chi connectivity index (χ0) is 26.2. The molecule has 2 atom stereocenters. The number of nitrogens with two attached hydrogens (primary N) is 1. The number of aromatic amines is 2. The number of nitrogen functional groups attached to an aromatic ring is 1. The minimum absolute atomic E-state index is 0.0381. The van der Waals surface area contributed by atoms with Gasteiger partial charge >= 0.3 is 7.60 Å². The fourth-order valence-electron chi connectivity index (χ4n) is 4.06. The van der Waals surface area contributed by atoms with Crippen molar-refractivity contribution in [1.29, 1.82) is 0 Å². The summed E-state index contributed by atoms with van der Waals surface area (Å²) in [7, 11) is -3.25. The molecule has 0 fully saturated rings. The minimum atomic E-state index is -3.25. The van der Waals surface area contributed by atoms with E-state index >= 15 is 0 Å². The largest absolute Gasteiger partial charge is 0.396 e. The Morgan fingerprint density at radius 3 is 2.39 bits per heavy atom. The Labute approximate surface area is 213 Å². The van der Waals surface area contributed by atoms with Crippen LogP contribution in [0.15, 0.2) is 11.0 Å². The predicted molar refractivity (Wildman–Crippen MR) is 142 cm³/mol. The lowest BCUT2D eigenvalue weighted by atomic mass is 10.1. The van der Waals surface area contributed by atoms with Gasteiger partial charge < -0.3 is 35.3 Å². The van der Waals surface area contributed by atoms with E-state index in [0.717, 1.165) is 37.7 Å². The first-order valence-corrected chi connectivity index (χ1v) is 14.8. The Balaban J connectivity index is 1.71. The van der Waals surface area contributed by atoms with Crippen LogP contribution in [-0.2, 0) is 20.2 Å². The molecule has 1 unspecified atom stereocenters. The summed E-state index contributed by atoms with van der Waals surface area (Å²) in [5.74, 6) is 0.0381. The van der Waals surface area contributed by atoms with Crippen LogP contribution >= 0.6 is 7.60 Å². The average Bonchev–Trinajstić information content (AvgIpc) is 3.26. The molecule has 7 N–H and O–H groups in total. The molecule has 0 aliphatic carbocycles. The lowest BCUT2D eigenvalue weighted by Crippen LogP contribution is -2.33. The zero-order valence-corrected chi connectivity index (χ0v) is 22.4. The van der Waals surface area contributed by atoms with Gasteiger partial charge in [-0.15, -0.1) is 0 Å². The predicted octanol–water partition coefficient (Wildman–Crippen LogP) is 3.42. The Kier molecular flexibility index (Phi) is 14.3. The third-order valence-corrected chi connectivity index (χ3v) is 8.14. The summed E-state index contributed by atoms with van der Waals surface area (Å²) >= 11 is 0. The van der Waals surface area contributed by atoms with Gasteiger partial charge in [-0.1, -0.05) is 44.9 Å². The van der Waals surface area contributed by atoms with Gasteiger partial charge in [-0.25, -0.2) is 4.98 Å². The van der Waals surface area contributed by atoms with Gasteiger partial charge in [0.2, 0.25) is 5.95 Å². The molecule has 0 aromatic carbocycles. The lowest BCUT2D eigenvalue weighted by Gasteiger charge is -2.21. The van der Waals surface area contributed by atoms with E-state index in [1.807, 2.05) is 0 Å². The summed E-state index contributed by atoms with van der Waals surface area (Å²) in [6.45, 7) is 2.96. The van der Waals surface area contributed by atoms with E-state index in [1.54, 1.807) is 13.1 Å². The number of anilines is 1. The summed E-state index contributed by atoms with van der Waals surface area (Å²) in [5, 5.41) is 21.8. The van der Waals surface area contributed by atoms with Gasteiger partial charge in [0.15, 0.2) is 0 Å². The van der Waals surface area contributed by atoms with E-state index in [1.165, 1.54) is 25.7 Å². The maximum absolute atomic E-state index is 13.1. The Morgan fingerprint density at radius 2 is 1.75 bits per heavy atom. The summed E-state index contributed by atoms with van der Waals surface area (Å²) < 4.78 is 24.3. The first-order valence-electron chi connectivity index (χ1n) is 13.1. The monoisotopic (exact) mass is 529 g/mol. The second kappa shape index (κ2) is 16.9. The highest BCUT2D eigenvalue weighted by atomic mass is 31.2. The third kappa shape index (κ3) is 10.7. The van der Waals surface area contributed by atoms with Crippen LogP contribution in [-0.4, -0.2) is 63.8 Å². The smallest absolute Gasteiger partial charge is 0.330 e. The molecule has 11 nitrogen and oxygen atoms in total. The number of fused-ring (bicyclic) bond motifs is 1. The molecular formula is C24H44N5O6P. The van der Waals surface area contributed by atoms with Crippen LogP contribution in [0.3, 0.4) is 0 Å². The van der Waals surface area contributed by atoms with Crippen molar-refractivity contribution < 1.29 is 23.8 Å². The maximum atomic E-state index is 13.1. The average molecular weight is 530 g/mol. The van der Waals surface area contributed by atoms with Gasteiger partial charge in [0, 0.05) is 31.0 Å². The molecule has 0 aliphatic heterocycles. The molecular weight excluding hydrogens is 485 g/mol. The van der Waals surface area contributed by atoms with E-state index in [2.05, 4.69) is 20.3 Å². The second-order valence-corrected chi connectivity index (χ2v) is 11.2. The van der Waals surface area contributed by atoms with Crippen LogP contribution in [0.2, 0.25) is 0 Å². The van der Waals surface area contributed by atoms with E-state index in [4.69, 9.17) is 19.9 Å². The van der Waals surface area contributed by atoms with Crippen LogP contribution in [0.5, 0.6) is 0 Å². The number of nitrogens with zero attached hydrogens (tertiary/aromatic N) is 1. The SMILES string of the molecule is CCOP(=O)(CC[C@@H](CO)NCc1c[nH]c2c(=O)[nH]c(N)nc12)OCCCCCCCCCCCO. The Bertz CT molecular complexity index is 982. The molecule has 0 bridgehead atoms. The van der Waals surface area contributed by atoms with Crippen LogP contribution in [0, 0.1) is 0 Å². The number of rotatable bonds is 21. The number of aliphatic hydroxyl groups excluding tert-OH is 2. The fraction of sp³-hybridized carbons (Fsp3) is 0.750. The number of H-pyrrole nitrogens is 2. The van der Waals surface area contributed by atoms with E-state index in [-0.39, 0.29) is 36.9 Å². The first-order chi connectivity index (χ1) is 17.4. The van der Waals surface area contributed by atoms with Gasteiger partial charge in [0.1, 0.15) is 11.0 Å². The maximum Gasteiger partial charge on any atom is 0.330 e. The van der Waals surface area contributed by atoms with E-state index in [0.29, 0.717) is 37.2 Å². The molecule has 2 heterocycles. The zero-order valence-electron chi connectivity index (χ0n) is 21.5. The molecule has 36 heavy (non-hydrogen) atoms. The molecule has 2 aromatic heterocycles. The van der Waals surface area contributed by atoms with Gasteiger partial charge in [-0.3, -0.25) is 14.3 Å². The Hall–Kier alpha value is -1.75. The van der Waals surface area contributed by atoms with Crippen molar-refractivity contribution in [2.24, 2.45) is 0 Å². The van der Waals surface area contributed by atoms with Crippen LogP contribution < -0.4 is 16.6 Å². The van der Waals surface area contributed by atoms with Gasteiger partial charge in [0.05, 0.1) is 26.0 Å². The molecule has 0 saturated carbocycles. The molecule has 2 aromatic rings. The van der Waals surface area contributed by atoms with Crippen LogP contribution in [0.4, 0.5) is 5.95 Å². The van der Waals surface area contributed by atoms with Crippen molar-refractivity contribution in [2.75, 3.05) is 38.3 Å². The highest BCUT2D eigenvalue weighted by Gasteiger charge is 2.25. The molecule has 0 amide bonds.